The van der Waals surface area contributed by atoms with Crippen molar-refractivity contribution in [2.24, 2.45) is 0 Å². The maximum Gasteiger partial charge on any atom is 0.125 e. The molecule has 0 saturated carbocycles. The minimum absolute atomic E-state index is 0.115. The van der Waals surface area contributed by atoms with Gasteiger partial charge in [-0.3, -0.25) is 4.90 Å². The average Bonchev–Trinajstić information content (AvgIpc) is 3.33. The van der Waals surface area contributed by atoms with E-state index in [-0.39, 0.29) is 19.3 Å². The van der Waals surface area contributed by atoms with Crippen LogP contribution < -0.4 is 9.47 Å². The van der Waals surface area contributed by atoms with Crippen molar-refractivity contribution in [3.8, 4) is 11.5 Å². The van der Waals surface area contributed by atoms with Crippen LogP contribution in [0.5, 0.6) is 11.5 Å². The standard InChI is InChI=1S/C28H35NO5S/c1-22(12-13-27-14-15-28(35-27)16-17-30)29(18-23(31)20-33-25-8-4-2-5-9-25)19-24(32)21-34-26-10-6-3-7-11-26/h2-11,14-15,17,22-24,31-32H,12-13,16,18-21H2,1H3/t22-,23-,24-/m0/s1. The lowest BCUT2D eigenvalue weighted by Crippen LogP contribution is -2.46. The molecule has 3 rings (SSSR count). The highest BCUT2D eigenvalue weighted by Crippen LogP contribution is 2.20. The summed E-state index contributed by atoms with van der Waals surface area (Å²) in [7, 11) is 0. The fourth-order valence-electron chi connectivity index (χ4n) is 3.78. The fourth-order valence-corrected chi connectivity index (χ4v) is 4.76. The Morgan fingerprint density at radius 2 is 1.34 bits per heavy atom. The molecule has 0 aliphatic carbocycles. The summed E-state index contributed by atoms with van der Waals surface area (Å²) in [4.78, 5) is 15.2. The van der Waals surface area contributed by atoms with E-state index in [0.717, 1.165) is 24.0 Å². The molecule has 3 aromatic rings. The Labute approximate surface area is 211 Å². The molecule has 0 saturated heterocycles. The summed E-state index contributed by atoms with van der Waals surface area (Å²) < 4.78 is 11.4. The molecule has 0 fully saturated rings. The van der Waals surface area contributed by atoms with Gasteiger partial charge in [0.15, 0.2) is 0 Å². The van der Waals surface area contributed by atoms with E-state index in [4.69, 9.17) is 9.47 Å². The van der Waals surface area contributed by atoms with Gasteiger partial charge in [-0.15, -0.1) is 11.3 Å². The van der Waals surface area contributed by atoms with Crippen LogP contribution in [0.1, 0.15) is 23.1 Å². The number of thiophene rings is 1. The molecule has 35 heavy (non-hydrogen) atoms. The molecule has 1 aromatic heterocycles. The molecule has 0 unspecified atom stereocenters. The number of para-hydroxylation sites is 2. The van der Waals surface area contributed by atoms with Gasteiger partial charge in [0.2, 0.25) is 0 Å². The van der Waals surface area contributed by atoms with Gasteiger partial charge in [0.25, 0.3) is 0 Å². The Hall–Kier alpha value is -2.71. The van der Waals surface area contributed by atoms with Crippen molar-refractivity contribution < 1.29 is 24.5 Å². The van der Waals surface area contributed by atoms with Crippen molar-refractivity contribution >= 4 is 17.6 Å². The minimum Gasteiger partial charge on any atom is -0.491 e. The second-order valence-electron chi connectivity index (χ2n) is 8.64. The zero-order valence-electron chi connectivity index (χ0n) is 20.2. The third-order valence-corrected chi connectivity index (χ3v) is 6.86. The largest absolute Gasteiger partial charge is 0.491 e. The monoisotopic (exact) mass is 497 g/mol. The minimum atomic E-state index is -0.708. The zero-order chi connectivity index (χ0) is 24.9. The van der Waals surface area contributed by atoms with Crippen molar-refractivity contribution in [3.63, 3.8) is 0 Å². The normalized spacial score (nSPS) is 13.8. The maximum atomic E-state index is 10.8. The van der Waals surface area contributed by atoms with Crippen molar-refractivity contribution in [2.45, 2.75) is 44.4 Å². The molecule has 1 heterocycles. The van der Waals surface area contributed by atoms with E-state index in [2.05, 4.69) is 17.9 Å². The molecule has 0 bridgehead atoms. The average molecular weight is 498 g/mol. The van der Waals surface area contributed by atoms with Crippen LogP contribution in [-0.2, 0) is 17.6 Å². The third kappa shape index (κ3) is 9.82. The molecule has 0 spiro atoms. The summed E-state index contributed by atoms with van der Waals surface area (Å²) in [5, 5.41) is 21.4. The lowest BCUT2D eigenvalue weighted by Gasteiger charge is -2.32. The lowest BCUT2D eigenvalue weighted by atomic mass is 10.1. The second kappa shape index (κ2) is 14.6. The van der Waals surface area contributed by atoms with Gasteiger partial charge in [0, 0.05) is 35.3 Å². The number of nitrogens with zero attached hydrogens (tertiary/aromatic N) is 1. The summed E-state index contributed by atoms with van der Waals surface area (Å²) in [6.07, 6.45) is 1.70. The van der Waals surface area contributed by atoms with Gasteiger partial charge in [-0.1, -0.05) is 36.4 Å². The summed E-state index contributed by atoms with van der Waals surface area (Å²) in [6, 6.07) is 23.0. The fraction of sp³-hybridized carbons (Fsp3) is 0.393. The number of aliphatic hydroxyl groups excluding tert-OH is 2. The van der Waals surface area contributed by atoms with Crippen LogP contribution in [0.2, 0.25) is 0 Å². The lowest BCUT2D eigenvalue weighted by molar-refractivity contribution is -0.107. The van der Waals surface area contributed by atoms with Crippen LogP contribution in [0.3, 0.4) is 0 Å². The molecule has 7 heteroatoms. The van der Waals surface area contributed by atoms with Crippen LogP contribution in [0.25, 0.3) is 0 Å². The Bertz CT molecular complexity index is 930. The third-order valence-electron chi connectivity index (χ3n) is 5.70. The van der Waals surface area contributed by atoms with Gasteiger partial charge < -0.3 is 24.5 Å². The number of carbonyl (C=O) groups is 1. The van der Waals surface area contributed by atoms with Crippen LogP contribution >= 0.6 is 11.3 Å². The van der Waals surface area contributed by atoms with Crippen LogP contribution in [-0.4, -0.2) is 66.0 Å². The molecular weight excluding hydrogens is 462 g/mol. The predicted octanol–water partition coefficient (Wildman–Crippen LogP) is 3.99. The van der Waals surface area contributed by atoms with Gasteiger partial charge in [-0.05, 0) is 56.2 Å². The van der Waals surface area contributed by atoms with Gasteiger partial charge in [-0.25, -0.2) is 0 Å². The molecule has 188 valence electrons. The number of aliphatic hydroxyl groups is 2. The first-order valence-electron chi connectivity index (χ1n) is 12.0. The molecule has 2 N–H and O–H groups in total. The molecule has 0 radical (unpaired) electrons. The highest BCUT2D eigenvalue weighted by molar-refractivity contribution is 7.12. The second-order valence-corrected chi connectivity index (χ2v) is 9.89. The van der Waals surface area contributed by atoms with Gasteiger partial charge in [-0.2, -0.15) is 0 Å². The number of ether oxygens (including phenoxy) is 2. The first-order valence-corrected chi connectivity index (χ1v) is 12.8. The smallest absolute Gasteiger partial charge is 0.125 e. The Kier molecular flexibility index (Phi) is 11.2. The van der Waals surface area contributed by atoms with E-state index >= 15 is 0 Å². The molecular formula is C28H35NO5S. The number of hydrogen-bond acceptors (Lipinski definition) is 7. The number of aryl methyl sites for hydroxylation is 1. The number of hydrogen-bond donors (Lipinski definition) is 2. The van der Waals surface area contributed by atoms with Crippen molar-refractivity contribution in [1.29, 1.82) is 0 Å². The number of benzene rings is 2. The molecule has 6 nitrogen and oxygen atoms in total. The molecule has 2 aromatic carbocycles. The topological polar surface area (TPSA) is 79.2 Å². The zero-order valence-corrected chi connectivity index (χ0v) is 21.0. The predicted molar refractivity (Wildman–Crippen MR) is 139 cm³/mol. The van der Waals surface area contributed by atoms with Gasteiger partial charge >= 0.3 is 0 Å². The first kappa shape index (κ1) is 26.9. The molecule has 0 aliphatic rings. The van der Waals surface area contributed by atoms with Crippen LogP contribution in [0.4, 0.5) is 0 Å². The van der Waals surface area contributed by atoms with E-state index in [1.165, 1.54) is 4.88 Å². The van der Waals surface area contributed by atoms with E-state index in [9.17, 15) is 15.0 Å². The van der Waals surface area contributed by atoms with Gasteiger partial charge in [0.1, 0.15) is 43.2 Å². The highest BCUT2D eigenvalue weighted by Gasteiger charge is 2.22. The first-order chi connectivity index (χ1) is 17.0. The quantitative estimate of drug-likeness (QED) is 0.291. The summed E-state index contributed by atoms with van der Waals surface area (Å²) in [5.41, 5.74) is 0. The van der Waals surface area contributed by atoms with Crippen molar-refractivity contribution in [2.75, 3.05) is 26.3 Å². The van der Waals surface area contributed by atoms with Crippen LogP contribution in [0.15, 0.2) is 72.8 Å². The summed E-state index contributed by atoms with van der Waals surface area (Å²) >= 11 is 1.66. The molecule has 0 aliphatic heterocycles. The van der Waals surface area contributed by atoms with Gasteiger partial charge in [0.05, 0.1) is 0 Å². The molecule has 3 atom stereocenters. The SMILES string of the molecule is C[C@@H](CCc1ccc(CC=O)s1)N(C[C@H](O)COc1ccccc1)C[C@H](O)COc1ccccc1. The Morgan fingerprint density at radius 1 is 0.829 bits per heavy atom. The van der Waals surface area contributed by atoms with E-state index < -0.39 is 12.2 Å². The van der Waals surface area contributed by atoms with E-state index in [1.807, 2.05) is 66.7 Å². The Balaban J connectivity index is 1.55. The van der Waals surface area contributed by atoms with E-state index in [1.54, 1.807) is 11.3 Å². The number of carbonyl (C=O) groups excluding carboxylic acids is 1. The Morgan fingerprint density at radius 3 is 1.86 bits per heavy atom. The summed E-state index contributed by atoms with van der Waals surface area (Å²) in [6.45, 7) is 3.19. The maximum absolute atomic E-state index is 10.8. The highest BCUT2D eigenvalue weighted by atomic mass is 32.1. The number of rotatable bonds is 16. The van der Waals surface area contributed by atoms with E-state index in [0.29, 0.717) is 31.0 Å². The number of aldehydes is 1. The van der Waals surface area contributed by atoms with Crippen LogP contribution in [0, 0.1) is 0 Å². The summed E-state index contributed by atoms with van der Waals surface area (Å²) in [5.74, 6) is 1.43. The van der Waals surface area contributed by atoms with Crippen molar-refractivity contribution in [1.82, 2.24) is 4.90 Å². The molecule has 0 amide bonds. The van der Waals surface area contributed by atoms with Crippen molar-refractivity contribution in [3.05, 3.63) is 82.6 Å².